The van der Waals surface area contributed by atoms with Crippen LogP contribution in [0.25, 0.3) is 10.9 Å². The quantitative estimate of drug-likeness (QED) is 0.550. The minimum absolute atomic E-state index is 0.0957. The van der Waals surface area contributed by atoms with E-state index in [1.54, 1.807) is 53.3 Å². The molecule has 3 heterocycles. The van der Waals surface area contributed by atoms with E-state index in [0.29, 0.717) is 60.3 Å². The van der Waals surface area contributed by atoms with E-state index in [-0.39, 0.29) is 36.9 Å². The van der Waals surface area contributed by atoms with Gasteiger partial charge in [0.15, 0.2) is 11.5 Å². The molecular formula is C25H26N4O6. The Morgan fingerprint density at radius 2 is 1.97 bits per heavy atom. The van der Waals surface area contributed by atoms with Crippen molar-refractivity contribution in [2.75, 3.05) is 44.9 Å². The van der Waals surface area contributed by atoms with Crippen LogP contribution in [0.1, 0.15) is 12.2 Å². The highest BCUT2D eigenvalue weighted by atomic mass is 16.6. The number of aromatic amines is 1. The van der Waals surface area contributed by atoms with Crippen molar-refractivity contribution in [3.8, 4) is 11.5 Å². The van der Waals surface area contributed by atoms with Crippen molar-refractivity contribution in [1.29, 1.82) is 0 Å². The van der Waals surface area contributed by atoms with E-state index in [2.05, 4.69) is 9.97 Å². The third kappa shape index (κ3) is 4.69. The highest BCUT2D eigenvalue weighted by Crippen LogP contribution is 2.36. The van der Waals surface area contributed by atoms with Gasteiger partial charge in [0.2, 0.25) is 11.8 Å². The number of ether oxygens (including phenoxy) is 3. The smallest absolute Gasteiger partial charge is 0.258 e. The standard InChI is InChI=1S/C25H26N4O6/c1-33-9-8-28(15-22-26-19-5-3-2-4-18(19)24(31)27-22)25(32)16-12-23(30)29(14-16)17-6-7-20-21(13-17)35-11-10-34-20/h2-7,13,16H,8-12,14-15H2,1H3,(H,26,27,31)/t16-/m1/s1. The summed E-state index contributed by atoms with van der Waals surface area (Å²) in [5.41, 5.74) is 0.968. The molecule has 2 aromatic carbocycles. The van der Waals surface area contributed by atoms with Crippen molar-refractivity contribution in [2.24, 2.45) is 5.92 Å². The zero-order chi connectivity index (χ0) is 24.4. The molecule has 10 nitrogen and oxygen atoms in total. The summed E-state index contributed by atoms with van der Waals surface area (Å²) in [7, 11) is 1.56. The predicted molar refractivity (Wildman–Crippen MR) is 128 cm³/mol. The number of hydrogen-bond donors (Lipinski definition) is 1. The molecule has 0 aliphatic carbocycles. The number of benzene rings is 2. The van der Waals surface area contributed by atoms with Gasteiger partial charge in [-0.15, -0.1) is 0 Å². The molecule has 1 atom stereocenters. The molecule has 3 aromatic rings. The van der Waals surface area contributed by atoms with Gasteiger partial charge in [0.05, 0.1) is 30.0 Å². The molecule has 10 heteroatoms. The number of H-pyrrole nitrogens is 1. The van der Waals surface area contributed by atoms with Crippen molar-refractivity contribution < 1.29 is 23.8 Å². The van der Waals surface area contributed by atoms with E-state index in [1.165, 1.54) is 0 Å². The molecule has 2 aliphatic rings. The van der Waals surface area contributed by atoms with Crippen molar-refractivity contribution in [3.63, 3.8) is 0 Å². The van der Waals surface area contributed by atoms with Gasteiger partial charge in [-0.2, -0.15) is 0 Å². The van der Waals surface area contributed by atoms with Crippen LogP contribution in [0.2, 0.25) is 0 Å². The first-order valence-corrected chi connectivity index (χ1v) is 11.5. The molecule has 1 N–H and O–H groups in total. The minimum Gasteiger partial charge on any atom is -0.486 e. The number of nitrogens with one attached hydrogen (secondary N) is 1. The second-order valence-electron chi connectivity index (χ2n) is 8.52. The average Bonchev–Trinajstić information content (AvgIpc) is 3.27. The number of nitrogens with zero attached hydrogens (tertiary/aromatic N) is 3. The van der Waals surface area contributed by atoms with Crippen molar-refractivity contribution >= 4 is 28.4 Å². The number of para-hydroxylation sites is 1. The largest absolute Gasteiger partial charge is 0.486 e. The number of hydrogen-bond acceptors (Lipinski definition) is 7. The van der Waals surface area contributed by atoms with Crippen molar-refractivity contribution in [3.05, 3.63) is 58.6 Å². The number of aromatic nitrogens is 2. The number of carbonyl (C=O) groups is 2. The van der Waals surface area contributed by atoms with Gasteiger partial charge in [-0.1, -0.05) is 12.1 Å². The third-order valence-corrected chi connectivity index (χ3v) is 6.19. The summed E-state index contributed by atoms with van der Waals surface area (Å²) >= 11 is 0. The topological polar surface area (TPSA) is 114 Å². The van der Waals surface area contributed by atoms with Gasteiger partial charge in [-0.3, -0.25) is 14.4 Å². The summed E-state index contributed by atoms with van der Waals surface area (Å²) in [5, 5.41) is 0.488. The molecule has 1 fully saturated rings. The van der Waals surface area contributed by atoms with Crippen LogP contribution in [0.15, 0.2) is 47.3 Å². The number of fused-ring (bicyclic) bond motifs is 2. The highest BCUT2D eigenvalue weighted by Gasteiger charge is 2.37. The molecule has 5 rings (SSSR count). The van der Waals surface area contributed by atoms with Crippen LogP contribution in [0, 0.1) is 5.92 Å². The van der Waals surface area contributed by atoms with E-state index in [9.17, 15) is 14.4 Å². The Labute approximate surface area is 201 Å². The molecule has 0 saturated carbocycles. The Morgan fingerprint density at radius 3 is 2.80 bits per heavy atom. The first kappa shape index (κ1) is 22.9. The Bertz CT molecular complexity index is 1320. The normalized spacial score (nSPS) is 17.1. The maximum atomic E-state index is 13.5. The molecule has 1 aromatic heterocycles. The van der Waals surface area contributed by atoms with E-state index >= 15 is 0 Å². The fourth-order valence-electron chi connectivity index (χ4n) is 4.44. The first-order chi connectivity index (χ1) is 17.0. The molecule has 2 aliphatic heterocycles. The molecule has 182 valence electrons. The molecular weight excluding hydrogens is 452 g/mol. The summed E-state index contributed by atoms with van der Waals surface area (Å²) in [6.45, 7) is 1.92. The summed E-state index contributed by atoms with van der Waals surface area (Å²) in [4.78, 5) is 49.3. The SMILES string of the molecule is COCCN(Cc1nc2ccccc2c(=O)[nH]1)C(=O)[C@@H]1CC(=O)N(c2ccc3c(c2)OCCO3)C1. The van der Waals surface area contributed by atoms with E-state index in [1.807, 2.05) is 6.07 Å². The van der Waals surface area contributed by atoms with E-state index in [4.69, 9.17) is 14.2 Å². The maximum Gasteiger partial charge on any atom is 0.258 e. The predicted octanol–water partition coefficient (Wildman–Crippen LogP) is 1.72. The first-order valence-electron chi connectivity index (χ1n) is 11.5. The average molecular weight is 479 g/mol. The molecule has 2 amide bonds. The van der Waals surface area contributed by atoms with Crippen molar-refractivity contribution in [2.45, 2.75) is 13.0 Å². The lowest BCUT2D eigenvalue weighted by Crippen LogP contribution is -2.39. The lowest BCUT2D eigenvalue weighted by atomic mass is 10.1. The van der Waals surface area contributed by atoms with E-state index < -0.39 is 5.92 Å². The lowest BCUT2D eigenvalue weighted by Gasteiger charge is -2.25. The van der Waals surface area contributed by atoms with Crippen LogP contribution in [-0.4, -0.2) is 66.7 Å². The van der Waals surface area contributed by atoms with E-state index in [0.717, 1.165) is 0 Å². The van der Waals surface area contributed by atoms with Crippen LogP contribution >= 0.6 is 0 Å². The summed E-state index contributed by atoms with van der Waals surface area (Å²) in [5.74, 6) is 0.757. The zero-order valence-corrected chi connectivity index (χ0v) is 19.4. The van der Waals surface area contributed by atoms with Crippen LogP contribution in [-0.2, 0) is 20.9 Å². The molecule has 0 radical (unpaired) electrons. The van der Waals surface area contributed by atoms with Gasteiger partial charge in [-0.25, -0.2) is 4.98 Å². The molecule has 35 heavy (non-hydrogen) atoms. The van der Waals surface area contributed by atoms with Crippen LogP contribution < -0.4 is 19.9 Å². The lowest BCUT2D eigenvalue weighted by molar-refractivity contribution is -0.137. The fourth-order valence-corrected chi connectivity index (χ4v) is 4.44. The highest BCUT2D eigenvalue weighted by molar-refractivity contribution is 6.00. The van der Waals surface area contributed by atoms with Gasteiger partial charge < -0.3 is 29.0 Å². The molecule has 1 saturated heterocycles. The van der Waals surface area contributed by atoms with Gasteiger partial charge >= 0.3 is 0 Å². The number of carbonyl (C=O) groups excluding carboxylic acids is 2. The molecule has 0 bridgehead atoms. The Hall–Kier alpha value is -3.92. The minimum atomic E-state index is -0.528. The van der Waals surface area contributed by atoms with Crippen LogP contribution in [0.4, 0.5) is 5.69 Å². The van der Waals surface area contributed by atoms with Gasteiger partial charge in [0.1, 0.15) is 19.0 Å². The van der Waals surface area contributed by atoms with Gasteiger partial charge in [0, 0.05) is 38.4 Å². The van der Waals surface area contributed by atoms with Gasteiger partial charge in [-0.05, 0) is 24.3 Å². The van der Waals surface area contributed by atoms with Crippen molar-refractivity contribution in [1.82, 2.24) is 14.9 Å². The Morgan fingerprint density at radius 1 is 1.17 bits per heavy atom. The zero-order valence-electron chi connectivity index (χ0n) is 19.4. The second kappa shape index (κ2) is 9.75. The van der Waals surface area contributed by atoms with Crippen LogP contribution in [0.5, 0.6) is 11.5 Å². The fraction of sp³-hybridized carbons (Fsp3) is 0.360. The number of rotatable bonds is 7. The summed E-state index contributed by atoms with van der Waals surface area (Å²) in [6.07, 6.45) is 0.0957. The van der Waals surface area contributed by atoms with Crippen LogP contribution in [0.3, 0.4) is 0 Å². The monoisotopic (exact) mass is 478 g/mol. The molecule has 0 spiro atoms. The summed E-state index contributed by atoms with van der Waals surface area (Å²) < 4.78 is 16.4. The summed E-state index contributed by atoms with van der Waals surface area (Å²) in [6, 6.07) is 12.4. The maximum absolute atomic E-state index is 13.5. The number of methoxy groups -OCH3 is 1. The Balaban J connectivity index is 1.34. The number of anilines is 1. The Kier molecular flexibility index (Phi) is 6.37. The molecule has 0 unspecified atom stereocenters. The second-order valence-corrected chi connectivity index (χ2v) is 8.52. The third-order valence-electron chi connectivity index (χ3n) is 6.19. The number of amides is 2. The van der Waals surface area contributed by atoms with Gasteiger partial charge in [0.25, 0.3) is 5.56 Å².